The van der Waals surface area contributed by atoms with Crippen LogP contribution in [0.1, 0.15) is 82.3 Å². The molecule has 4 rings (SSSR count). The fraction of sp³-hybridized carbons (Fsp3) is 0.650. The summed E-state index contributed by atoms with van der Waals surface area (Å²) in [4.78, 5) is 0. The average Bonchev–Trinajstić information content (AvgIpc) is 2.57. The van der Waals surface area contributed by atoms with Crippen molar-refractivity contribution < 1.29 is 0 Å². The summed E-state index contributed by atoms with van der Waals surface area (Å²) < 4.78 is 0. The fourth-order valence-corrected chi connectivity index (χ4v) is 4.82. The number of nitrogen functional groups attached to an aromatic ring is 1. The van der Waals surface area contributed by atoms with Crippen molar-refractivity contribution in [2.75, 3.05) is 0 Å². The minimum Gasteiger partial charge on any atom is -0.384 e. The van der Waals surface area contributed by atoms with Gasteiger partial charge in [-0.05, 0) is 61.3 Å². The maximum atomic E-state index is 7.54. The van der Waals surface area contributed by atoms with Gasteiger partial charge in [0, 0.05) is 5.56 Å². The number of halogens is 1. The second kappa shape index (κ2) is 7.25. The van der Waals surface area contributed by atoms with Crippen molar-refractivity contribution in [1.29, 1.82) is 5.41 Å². The molecule has 0 heterocycles. The first-order chi connectivity index (χ1) is 10.6. The van der Waals surface area contributed by atoms with E-state index in [4.69, 9.17) is 11.1 Å². The van der Waals surface area contributed by atoms with Crippen molar-refractivity contribution in [2.24, 2.45) is 11.1 Å². The lowest BCUT2D eigenvalue weighted by atomic mass is 9.51. The molecule has 2 nitrogen and oxygen atoms in total. The van der Waals surface area contributed by atoms with Gasteiger partial charge < -0.3 is 5.73 Å². The van der Waals surface area contributed by atoms with E-state index in [2.05, 4.69) is 19.1 Å². The molecule has 3 heteroatoms. The van der Waals surface area contributed by atoms with Crippen LogP contribution in [-0.4, -0.2) is 5.84 Å². The minimum absolute atomic E-state index is 0. The molecule has 0 saturated heterocycles. The second-order valence-electron chi connectivity index (χ2n) is 7.73. The van der Waals surface area contributed by atoms with Gasteiger partial charge in [-0.1, -0.05) is 50.5 Å². The van der Waals surface area contributed by atoms with Gasteiger partial charge >= 0.3 is 0 Å². The molecule has 23 heavy (non-hydrogen) atoms. The van der Waals surface area contributed by atoms with Crippen molar-refractivity contribution in [3.8, 4) is 0 Å². The highest BCUT2D eigenvalue weighted by molar-refractivity contribution is 5.94. The number of fused-ring (bicyclic) bond motifs is 3. The Bertz CT molecular complexity index is 511. The van der Waals surface area contributed by atoms with Gasteiger partial charge in [0.1, 0.15) is 5.84 Å². The Morgan fingerprint density at radius 3 is 2.04 bits per heavy atom. The lowest BCUT2D eigenvalue weighted by Gasteiger charge is -2.54. The number of amidine groups is 1. The van der Waals surface area contributed by atoms with E-state index >= 15 is 0 Å². The standard InChI is InChI=1S/C20H30N2.ClH/c1-2-3-4-9-19-10-13-20(14-11-19,15-12-19)17-7-5-16(6-8-17)18(21)22;/h5-8H,2-4,9-15H2,1H3,(H3,21,22);1H. The summed E-state index contributed by atoms with van der Waals surface area (Å²) in [5.41, 5.74) is 9.00. The molecule has 3 N–H and O–H groups in total. The summed E-state index contributed by atoms with van der Waals surface area (Å²) in [6.07, 6.45) is 14.0. The summed E-state index contributed by atoms with van der Waals surface area (Å²) in [6.45, 7) is 2.30. The van der Waals surface area contributed by atoms with Gasteiger partial charge in [0.2, 0.25) is 0 Å². The van der Waals surface area contributed by atoms with E-state index in [9.17, 15) is 0 Å². The van der Waals surface area contributed by atoms with Crippen LogP contribution in [-0.2, 0) is 5.41 Å². The monoisotopic (exact) mass is 334 g/mol. The Morgan fingerprint density at radius 1 is 1.00 bits per heavy atom. The van der Waals surface area contributed by atoms with Gasteiger partial charge in [0.05, 0.1) is 0 Å². The van der Waals surface area contributed by atoms with Crippen molar-refractivity contribution >= 4 is 18.2 Å². The van der Waals surface area contributed by atoms with Crippen LogP contribution in [0.3, 0.4) is 0 Å². The Morgan fingerprint density at radius 2 is 1.57 bits per heavy atom. The van der Waals surface area contributed by atoms with Crippen LogP contribution in [0.25, 0.3) is 0 Å². The largest absolute Gasteiger partial charge is 0.384 e. The van der Waals surface area contributed by atoms with Crippen LogP contribution in [0.4, 0.5) is 0 Å². The van der Waals surface area contributed by atoms with Gasteiger partial charge in [0.25, 0.3) is 0 Å². The van der Waals surface area contributed by atoms with Crippen molar-refractivity contribution in [2.45, 2.75) is 76.5 Å². The van der Waals surface area contributed by atoms with Crippen molar-refractivity contribution in [3.05, 3.63) is 35.4 Å². The smallest absolute Gasteiger partial charge is 0.122 e. The molecule has 0 aliphatic heterocycles. The van der Waals surface area contributed by atoms with Gasteiger partial charge in [-0.25, -0.2) is 0 Å². The first-order valence-electron chi connectivity index (χ1n) is 9.04. The summed E-state index contributed by atoms with van der Waals surface area (Å²) in [7, 11) is 0. The summed E-state index contributed by atoms with van der Waals surface area (Å²) in [6, 6.07) is 8.52. The van der Waals surface area contributed by atoms with E-state index in [1.165, 1.54) is 69.8 Å². The highest BCUT2D eigenvalue weighted by Crippen LogP contribution is 2.59. The molecule has 0 amide bonds. The molecule has 2 bridgehead atoms. The number of nitrogens with two attached hydrogens (primary N) is 1. The highest BCUT2D eigenvalue weighted by atomic mass is 35.5. The maximum absolute atomic E-state index is 7.54. The molecule has 1 aromatic rings. The summed E-state index contributed by atoms with van der Waals surface area (Å²) in [5, 5.41) is 7.54. The Labute approximate surface area is 147 Å². The van der Waals surface area contributed by atoms with Gasteiger partial charge in [0.15, 0.2) is 0 Å². The van der Waals surface area contributed by atoms with E-state index in [0.29, 0.717) is 10.8 Å². The number of rotatable bonds is 6. The van der Waals surface area contributed by atoms with E-state index in [0.717, 1.165) is 5.56 Å². The first kappa shape index (κ1) is 18.3. The zero-order valence-corrected chi connectivity index (χ0v) is 15.2. The molecule has 3 aliphatic rings. The third kappa shape index (κ3) is 3.57. The molecule has 0 radical (unpaired) electrons. The molecule has 128 valence electrons. The number of benzene rings is 1. The zero-order chi connectivity index (χ0) is 15.6. The molecule has 0 unspecified atom stereocenters. The third-order valence-electron chi connectivity index (χ3n) is 6.52. The Balaban J connectivity index is 0.00000192. The summed E-state index contributed by atoms with van der Waals surface area (Å²) >= 11 is 0. The second-order valence-corrected chi connectivity index (χ2v) is 7.73. The number of hydrogen-bond acceptors (Lipinski definition) is 1. The quantitative estimate of drug-likeness (QED) is 0.399. The van der Waals surface area contributed by atoms with Gasteiger partial charge in [-0.15, -0.1) is 12.4 Å². The molecule has 0 aromatic heterocycles. The van der Waals surface area contributed by atoms with Crippen LogP contribution in [0, 0.1) is 10.8 Å². The normalized spacial score (nSPS) is 29.1. The topological polar surface area (TPSA) is 49.9 Å². The van der Waals surface area contributed by atoms with Crippen LogP contribution in [0.2, 0.25) is 0 Å². The average molecular weight is 335 g/mol. The molecule has 3 saturated carbocycles. The van der Waals surface area contributed by atoms with Gasteiger partial charge in [-0.3, -0.25) is 5.41 Å². The predicted molar refractivity (Wildman–Crippen MR) is 101 cm³/mol. The minimum atomic E-state index is 0. The van der Waals surface area contributed by atoms with E-state index < -0.39 is 0 Å². The van der Waals surface area contributed by atoms with E-state index in [1.807, 2.05) is 12.1 Å². The van der Waals surface area contributed by atoms with Gasteiger partial charge in [-0.2, -0.15) is 0 Å². The van der Waals surface area contributed by atoms with Crippen molar-refractivity contribution in [3.63, 3.8) is 0 Å². The Hall–Kier alpha value is -1.02. The molecule has 1 aromatic carbocycles. The summed E-state index contributed by atoms with van der Waals surface area (Å²) in [5.74, 6) is 0.172. The third-order valence-corrected chi connectivity index (χ3v) is 6.52. The first-order valence-corrected chi connectivity index (χ1v) is 9.04. The highest BCUT2D eigenvalue weighted by Gasteiger charge is 2.48. The molecular weight excluding hydrogens is 304 g/mol. The maximum Gasteiger partial charge on any atom is 0.122 e. The SMILES string of the molecule is CCCCCC12CCC(c3ccc(C(=N)N)cc3)(CC1)CC2.Cl. The molecule has 0 atom stereocenters. The van der Waals surface area contributed by atoms with E-state index in [1.54, 1.807) is 0 Å². The van der Waals surface area contributed by atoms with Crippen LogP contribution >= 0.6 is 12.4 Å². The lowest BCUT2D eigenvalue weighted by Crippen LogP contribution is -2.44. The predicted octanol–water partition coefficient (Wildman–Crippen LogP) is 5.56. The van der Waals surface area contributed by atoms with Crippen molar-refractivity contribution in [1.82, 2.24) is 0 Å². The fourth-order valence-electron chi connectivity index (χ4n) is 4.82. The molecule has 0 spiro atoms. The molecule has 3 aliphatic carbocycles. The Kier molecular flexibility index (Phi) is 5.78. The number of unbranched alkanes of at least 4 members (excludes halogenated alkanes) is 2. The van der Waals surface area contributed by atoms with Crippen LogP contribution < -0.4 is 5.73 Å². The van der Waals surface area contributed by atoms with E-state index in [-0.39, 0.29) is 18.2 Å². The molecular formula is C20H31ClN2. The number of hydrogen-bond donors (Lipinski definition) is 2. The van der Waals surface area contributed by atoms with Crippen LogP contribution in [0.15, 0.2) is 24.3 Å². The number of nitrogens with one attached hydrogen (secondary N) is 1. The van der Waals surface area contributed by atoms with Crippen LogP contribution in [0.5, 0.6) is 0 Å². The molecule has 3 fully saturated rings. The lowest BCUT2D eigenvalue weighted by molar-refractivity contribution is 0.0305. The zero-order valence-electron chi connectivity index (χ0n) is 14.4.